The molecule has 0 spiro atoms. The molecular formula is C30H45FN2. The minimum atomic E-state index is -0.122. The largest absolute Gasteiger partial charge is 0.236 e. The molecule has 1 aromatic carbocycles. The Morgan fingerprint density at radius 1 is 0.788 bits per heavy atom. The van der Waals surface area contributed by atoms with Crippen molar-refractivity contribution in [2.24, 2.45) is 5.92 Å². The Balaban J connectivity index is 1.46. The van der Waals surface area contributed by atoms with Crippen molar-refractivity contribution in [2.75, 3.05) is 0 Å². The van der Waals surface area contributed by atoms with Gasteiger partial charge in [-0.1, -0.05) is 90.2 Å². The Morgan fingerprint density at radius 3 is 2.06 bits per heavy atom. The number of unbranched alkanes of at least 4 members (excludes halogenated alkanes) is 8. The molecule has 0 aliphatic heterocycles. The molecule has 1 heterocycles. The summed E-state index contributed by atoms with van der Waals surface area (Å²) in [7, 11) is 0. The molecule has 0 saturated heterocycles. The number of hydrogen-bond acceptors (Lipinski definition) is 2. The van der Waals surface area contributed by atoms with Crippen LogP contribution in [0.2, 0.25) is 0 Å². The zero-order valence-electron chi connectivity index (χ0n) is 21.1. The molecule has 2 nitrogen and oxygen atoms in total. The van der Waals surface area contributed by atoms with Crippen molar-refractivity contribution in [3.05, 3.63) is 47.5 Å². The third-order valence-electron chi connectivity index (χ3n) is 7.57. The fourth-order valence-electron chi connectivity index (χ4n) is 5.33. The number of hydrogen-bond donors (Lipinski definition) is 0. The van der Waals surface area contributed by atoms with Gasteiger partial charge in [0.25, 0.3) is 0 Å². The molecule has 0 N–H and O–H groups in total. The molecule has 1 fully saturated rings. The summed E-state index contributed by atoms with van der Waals surface area (Å²) >= 11 is 0. The second kappa shape index (κ2) is 14.5. The van der Waals surface area contributed by atoms with Gasteiger partial charge < -0.3 is 0 Å². The lowest BCUT2D eigenvalue weighted by Gasteiger charge is -2.28. The van der Waals surface area contributed by atoms with E-state index in [1.165, 1.54) is 95.5 Å². The number of rotatable bonds is 14. The van der Waals surface area contributed by atoms with Crippen LogP contribution in [0.5, 0.6) is 0 Å². The van der Waals surface area contributed by atoms with Gasteiger partial charge in [0, 0.05) is 18.0 Å². The molecule has 1 aliphatic carbocycles. The topological polar surface area (TPSA) is 25.8 Å². The third-order valence-corrected chi connectivity index (χ3v) is 7.57. The molecule has 1 saturated carbocycles. The summed E-state index contributed by atoms with van der Waals surface area (Å²) in [5.41, 5.74) is 2.85. The lowest BCUT2D eigenvalue weighted by Crippen LogP contribution is -2.14. The van der Waals surface area contributed by atoms with Crippen LogP contribution in [0.3, 0.4) is 0 Å². The van der Waals surface area contributed by atoms with Crippen LogP contribution in [-0.4, -0.2) is 9.97 Å². The molecule has 33 heavy (non-hydrogen) atoms. The highest BCUT2D eigenvalue weighted by atomic mass is 19.1. The molecule has 3 rings (SSSR count). The zero-order chi connectivity index (χ0) is 23.3. The second-order valence-corrected chi connectivity index (χ2v) is 10.2. The van der Waals surface area contributed by atoms with E-state index in [4.69, 9.17) is 0 Å². The monoisotopic (exact) mass is 452 g/mol. The van der Waals surface area contributed by atoms with Gasteiger partial charge in [-0.2, -0.15) is 0 Å². The van der Waals surface area contributed by atoms with Crippen molar-refractivity contribution < 1.29 is 4.39 Å². The molecule has 0 amide bonds. The summed E-state index contributed by atoms with van der Waals surface area (Å²) in [5.74, 6) is 2.01. The van der Waals surface area contributed by atoms with Crippen LogP contribution >= 0.6 is 0 Å². The van der Waals surface area contributed by atoms with Gasteiger partial charge in [0.1, 0.15) is 5.82 Å². The van der Waals surface area contributed by atoms with Crippen molar-refractivity contribution in [3.8, 4) is 11.4 Å². The summed E-state index contributed by atoms with van der Waals surface area (Å²) in [6.07, 6.45) is 24.3. The highest BCUT2D eigenvalue weighted by Gasteiger charge is 2.22. The zero-order valence-corrected chi connectivity index (χ0v) is 21.1. The van der Waals surface area contributed by atoms with E-state index in [0.29, 0.717) is 11.7 Å². The Hall–Kier alpha value is -1.77. The fraction of sp³-hybridized carbons (Fsp3) is 0.667. The van der Waals surface area contributed by atoms with E-state index < -0.39 is 0 Å². The van der Waals surface area contributed by atoms with Gasteiger partial charge in [0.2, 0.25) is 0 Å². The summed E-state index contributed by atoms with van der Waals surface area (Å²) in [6, 6.07) is 5.51. The second-order valence-electron chi connectivity index (χ2n) is 10.2. The van der Waals surface area contributed by atoms with Crippen LogP contribution in [0, 0.1) is 11.7 Å². The van der Waals surface area contributed by atoms with E-state index in [1.807, 2.05) is 24.5 Å². The van der Waals surface area contributed by atoms with Gasteiger partial charge in [-0.15, -0.1) is 0 Å². The summed E-state index contributed by atoms with van der Waals surface area (Å²) in [4.78, 5) is 9.22. The Labute approximate surface area is 201 Å². The Bertz CT molecular complexity index is 793. The number of halogens is 1. The van der Waals surface area contributed by atoms with Gasteiger partial charge >= 0.3 is 0 Å². The first-order chi connectivity index (χ1) is 16.2. The minimum absolute atomic E-state index is 0.122. The van der Waals surface area contributed by atoms with E-state index in [-0.39, 0.29) is 5.82 Å². The normalized spacial score (nSPS) is 18.5. The van der Waals surface area contributed by atoms with E-state index >= 15 is 0 Å². The summed E-state index contributed by atoms with van der Waals surface area (Å²) in [6.45, 7) is 4.50. The minimum Gasteiger partial charge on any atom is -0.236 e. The molecule has 182 valence electrons. The van der Waals surface area contributed by atoms with E-state index in [1.54, 1.807) is 6.07 Å². The van der Waals surface area contributed by atoms with Crippen LogP contribution < -0.4 is 0 Å². The van der Waals surface area contributed by atoms with Gasteiger partial charge in [-0.25, -0.2) is 14.4 Å². The maximum atomic E-state index is 14.6. The number of aryl methyl sites for hydroxylation is 1. The first-order valence-corrected chi connectivity index (χ1v) is 13.8. The molecule has 3 heteroatoms. The van der Waals surface area contributed by atoms with Crippen molar-refractivity contribution in [3.63, 3.8) is 0 Å². The molecular weight excluding hydrogens is 407 g/mol. The maximum absolute atomic E-state index is 14.6. The first kappa shape index (κ1) is 25.8. The molecule has 0 unspecified atom stereocenters. The van der Waals surface area contributed by atoms with Crippen LogP contribution in [0.25, 0.3) is 11.4 Å². The predicted octanol–water partition coefficient (Wildman–Crippen LogP) is 9.43. The van der Waals surface area contributed by atoms with Crippen LogP contribution in [0.1, 0.15) is 127 Å². The van der Waals surface area contributed by atoms with Crippen molar-refractivity contribution in [1.82, 2.24) is 9.97 Å². The number of nitrogens with zero attached hydrogens (tertiary/aromatic N) is 2. The van der Waals surface area contributed by atoms with E-state index in [0.717, 1.165) is 29.9 Å². The number of aromatic nitrogens is 2. The standard InChI is InChI=1S/C30H45FN2/c1-3-5-7-9-11-13-24-15-17-25(18-16-24)28-22-32-30(33-23-28)27-20-19-26(29(31)21-27)14-12-10-8-6-4-2/h19-25H,3-18H2,1-2H3/t24-,25-. The lowest BCUT2D eigenvalue weighted by atomic mass is 9.77. The molecule has 1 aromatic heterocycles. The van der Waals surface area contributed by atoms with Crippen molar-refractivity contribution in [2.45, 2.75) is 122 Å². The van der Waals surface area contributed by atoms with Gasteiger partial charge in [-0.05, 0) is 67.6 Å². The fourth-order valence-corrected chi connectivity index (χ4v) is 5.33. The van der Waals surface area contributed by atoms with Crippen LogP contribution in [0.4, 0.5) is 4.39 Å². The molecule has 1 aliphatic rings. The first-order valence-electron chi connectivity index (χ1n) is 13.8. The van der Waals surface area contributed by atoms with Crippen LogP contribution in [0.15, 0.2) is 30.6 Å². The van der Waals surface area contributed by atoms with Crippen molar-refractivity contribution in [1.29, 1.82) is 0 Å². The summed E-state index contributed by atoms with van der Waals surface area (Å²) in [5, 5.41) is 0. The molecule has 0 bridgehead atoms. The predicted molar refractivity (Wildman–Crippen MR) is 138 cm³/mol. The lowest BCUT2D eigenvalue weighted by molar-refractivity contribution is 0.301. The Kier molecular flexibility index (Phi) is 11.3. The van der Waals surface area contributed by atoms with Gasteiger partial charge in [-0.3, -0.25) is 0 Å². The highest BCUT2D eigenvalue weighted by molar-refractivity contribution is 5.55. The molecule has 0 radical (unpaired) electrons. The SMILES string of the molecule is CCCCCCCc1ccc(-c2ncc([C@H]3CC[C@H](CCCCCCC)CC3)cn2)cc1F. The quantitative estimate of drug-likeness (QED) is 0.267. The van der Waals surface area contributed by atoms with E-state index in [2.05, 4.69) is 23.8 Å². The average molecular weight is 453 g/mol. The summed E-state index contributed by atoms with van der Waals surface area (Å²) < 4.78 is 14.6. The average Bonchev–Trinajstić information content (AvgIpc) is 2.85. The smallest absolute Gasteiger partial charge is 0.159 e. The maximum Gasteiger partial charge on any atom is 0.159 e. The molecule has 2 aromatic rings. The molecule has 0 atom stereocenters. The van der Waals surface area contributed by atoms with Crippen LogP contribution in [-0.2, 0) is 6.42 Å². The van der Waals surface area contributed by atoms with E-state index in [9.17, 15) is 4.39 Å². The highest BCUT2D eigenvalue weighted by Crippen LogP contribution is 2.37. The van der Waals surface area contributed by atoms with Gasteiger partial charge in [0.05, 0.1) is 0 Å². The third kappa shape index (κ3) is 8.50. The van der Waals surface area contributed by atoms with Crippen molar-refractivity contribution >= 4 is 0 Å². The van der Waals surface area contributed by atoms with Gasteiger partial charge in [0.15, 0.2) is 5.82 Å². The Morgan fingerprint density at radius 2 is 1.42 bits per heavy atom. The number of benzene rings is 1.